The third-order valence-electron chi connectivity index (χ3n) is 2.71. The molecule has 0 radical (unpaired) electrons. The molecule has 2 nitrogen and oxygen atoms in total. The predicted molar refractivity (Wildman–Crippen MR) is 68.4 cm³/mol. The highest BCUT2D eigenvalue weighted by molar-refractivity contribution is 6.54. The van der Waals surface area contributed by atoms with Crippen molar-refractivity contribution in [3.63, 3.8) is 0 Å². The molecule has 0 N–H and O–H groups in total. The van der Waals surface area contributed by atoms with Crippen LogP contribution >= 0.6 is 11.6 Å². The third-order valence-corrected chi connectivity index (χ3v) is 2.97. The molecule has 1 aliphatic rings. The van der Waals surface area contributed by atoms with E-state index in [1.165, 1.54) is 0 Å². The van der Waals surface area contributed by atoms with E-state index in [4.69, 9.17) is 11.6 Å². The van der Waals surface area contributed by atoms with Crippen molar-refractivity contribution < 1.29 is 4.79 Å². The first-order valence-corrected chi connectivity index (χ1v) is 5.62. The lowest BCUT2D eigenvalue weighted by molar-refractivity contribution is 0.107. The number of para-hydroxylation sites is 1. The maximum Gasteiger partial charge on any atom is 0.214 e. The molecule has 1 heterocycles. The fourth-order valence-corrected chi connectivity index (χ4v) is 1.99. The van der Waals surface area contributed by atoms with Crippen LogP contribution in [0.5, 0.6) is 0 Å². The van der Waals surface area contributed by atoms with Crippen molar-refractivity contribution in [3.05, 3.63) is 64.7 Å². The second kappa shape index (κ2) is 3.82. The van der Waals surface area contributed by atoms with E-state index in [0.29, 0.717) is 16.3 Å². The van der Waals surface area contributed by atoms with Crippen LogP contribution in [0.15, 0.2) is 53.5 Å². The number of benzene rings is 2. The Morgan fingerprint density at radius 1 is 0.941 bits per heavy atom. The fourth-order valence-electron chi connectivity index (χ4n) is 1.87. The van der Waals surface area contributed by atoms with Crippen LogP contribution < -0.4 is 0 Å². The summed E-state index contributed by atoms with van der Waals surface area (Å²) in [6.45, 7) is 0. The van der Waals surface area contributed by atoms with Gasteiger partial charge in [-0.15, -0.1) is 0 Å². The predicted octanol–water partition coefficient (Wildman–Crippen LogP) is 3.66. The average Bonchev–Trinajstić information content (AvgIpc) is 2.69. The third kappa shape index (κ3) is 1.67. The summed E-state index contributed by atoms with van der Waals surface area (Å²) in [5, 5.41) is 0.650. The van der Waals surface area contributed by atoms with Crippen LogP contribution in [0.2, 0.25) is 5.02 Å². The molecule has 82 valence electrons. The summed E-state index contributed by atoms with van der Waals surface area (Å²) < 4.78 is 0. The van der Waals surface area contributed by atoms with E-state index < -0.39 is 0 Å². The highest BCUT2D eigenvalue weighted by Gasteiger charge is 2.24. The van der Waals surface area contributed by atoms with Gasteiger partial charge in [0.15, 0.2) is 0 Å². The minimum atomic E-state index is -0.0251. The van der Waals surface area contributed by atoms with E-state index in [1.54, 1.807) is 18.2 Å². The van der Waals surface area contributed by atoms with E-state index in [9.17, 15) is 4.79 Å². The molecule has 0 aromatic heterocycles. The number of hydrogen-bond acceptors (Lipinski definition) is 2. The zero-order chi connectivity index (χ0) is 11.8. The molecule has 1 aliphatic heterocycles. The fraction of sp³-hybridized carbons (Fsp3) is 0. The Morgan fingerprint density at radius 2 is 1.65 bits per heavy atom. The molecule has 2 aromatic carbocycles. The number of aliphatic imine (C=N–C) groups is 1. The summed E-state index contributed by atoms with van der Waals surface area (Å²) in [4.78, 5) is 16.5. The Bertz CT molecular complexity index is 629. The van der Waals surface area contributed by atoms with E-state index in [1.807, 2.05) is 30.3 Å². The van der Waals surface area contributed by atoms with Crippen LogP contribution in [0, 0.1) is 0 Å². The molecule has 0 atom stereocenters. The largest absolute Gasteiger partial charge is 0.287 e. The van der Waals surface area contributed by atoms with Gasteiger partial charge in [-0.1, -0.05) is 35.9 Å². The maximum atomic E-state index is 12.1. The molecule has 0 amide bonds. The highest BCUT2D eigenvalue weighted by Crippen LogP contribution is 2.28. The van der Waals surface area contributed by atoms with Crippen LogP contribution in [0.1, 0.15) is 15.9 Å². The summed E-state index contributed by atoms with van der Waals surface area (Å²) in [6.07, 6.45) is 0. The quantitative estimate of drug-likeness (QED) is 0.749. The number of Topliss-reactive ketones (excluding diaryl/α,β-unsaturated/α-hetero) is 1. The monoisotopic (exact) mass is 241 g/mol. The molecule has 0 saturated heterocycles. The van der Waals surface area contributed by atoms with Crippen LogP contribution in [-0.2, 0) is 0 Å². The number of ketones is 1. The lowest BCUT2D eigenvalue weighted by Crippen LogP contribution is -2.10. The van der Waals surface area contributed by atoms with Crippen molar-refractivity contribution in [3.8, 4) is 0 Å². The Morgan fingerprint density at radius 3 is 2.35 bits per heavy atom. The van der Waals surface area contributed by atoms with Crippen molar-refractivity contribution in [2.45, 2.75) is 0 Å². The van der Waals surface area contributed by atoms with Crippen molar-refractivity contribution in [1.82, 2.24) is 0 Å². The first-order valence-electron chi connectivity index (χ1n) is 5.24. The average molecular weight is 242 g/mol. The molecule has 0 unspecified atom stereocenters. The van der Waals surface area contributed by atoms with Crippen molar-refractivity contribution in [1.29, 1.82) is 0 Å². The van der Waals surface area contributed by atoms with Gasteiger partial charge in [0.25, 0.3) is 0 Å². The van der Waals surface area contributed by atoms with Crippen LogP contribution in [0.25, 0.3) is 0 Å². The molecule has 3 rings (SSSR count). The molecule has 0 aliphatic carbocycles. The van der Waals surface area contributed by atoms with Gasteiger partial charge >= 0.3 is 0 Å². The van der Waals surface area contributed by atoms with Crippen LogP contribution in [0.4, 0.5) is 5.69 Å². The van der Waals surface area contributed by atoms with E-state index in [-0.39, 0.29) is 5.78 Å². The van der Waals surface area contributed by atoms with Crippen molar-refractivity contribution in [2.24, 2.45) is 4.99 Å². The lowest BCUT2D eigenvalue weighted by atomic mass is 10.0. The van der Waals surface area contributed by atoms with Gasteiger partial charge < -0.3 is 0 Å². The molecule has 0 saturated carbocycles. The van der Waals surface area contributed by atoms with E-state index in [0.717, 1.165) is 11.3 Å². The molecule has 2 aromatic rings. The molecule has 0 spiro atoms. The van der Waals surface area contributed by atoms with Crippen LogP contribution in [0.3, 0.4) is 0 Å². The van der Waals surface area contributed by atoms with Crippen molar-refractivity contribution >= 4 is 28.8 Å². The molecular formula is C14H8ClNO. The SMILES string of the molecule is O=C1C(c2ccc(Cl)cc2)=Nc2ccccc21. The first kappa shape index (κ1) is 10.2. The van der Waals surface area contributed by atoms with E-state index in [2.05, 4.69) is 4.99 Å². The smallest absolute Gasteiger partial charge is 0.214 e. The van der Waals surface area contributed by atoms with Gasteiger partial charge in [-0.25, -0.2) is 4.99 Å². The number of nitrogens with zero attached hydrogens (tertiary/aromatic N) is 1. The number of halogens is 1. The number of carbonyl (C=O) groups excluding carboxylic acids is 1. The Hall–Kier alpha value is -1.93. The minimum absolute atomic E-state index is 0.0251. The first-order chi connectivity index (χ1) is 8.25. The molecule has 0 fully saturated rings. The van der Waals surface area contributed by atoms with Gasteiger partial charge in [-0.05, 0) is 24.3 Å². The number of hydrogen-bond donors (Lipinski definition) is 0. The van der Waals surface area contributed by atoms with Gasteiger partial charge in [-0.2, -0.15) is 0 Å². The van der Waals surface area contributed by atoms with Crippen LogP contribution in [-0.4, -0.2) is 11.5 Å². The summed E-state index contributed by atoms with van der Waals surface area (Å²) in [6, 6.07) is 14.5. The summed E-state index contributed by atoms with van der Waals surface area (Å²) in [5.41, 5.74) is 2.69. The Labute approximate surface area is 104 Å². The Kier molecular flexibility index (Phi) is 2.30. The van der Waals surface area contributed by atoms with Gasteiger partial charge in [0.05, 0.1) is 5.69 Å². The summed E-state index contributed by atoms with van der Waals surface area (Å²) in [7, 11) is 0. The second-order valence-electron chi connectivity index (χ2n) is 3.81. The van der Waals surface area contributed by atoms with Gasteiger partial charge in [0.2, 0.25) is 5.78 Å². The molecule has 3 heteroatoms. The molecule has 17 heavy (non-hydrogen) atoms. The van der Waals surface area contributed by atoms with Gasteiger partial charge in [-0.3, -0.25) is 4.79 Å². The number of carbonyl (C=O) groups is 1. The standard InChI is InChI=1S/C14H8ClNO/c15-10-7-5-9(6-8-10)13-14(17)11-3-1-2-4-12(11)16-13/h1-8H. The zero-order valence-electron chi connectivity index (χ0n) is 8.85. The zero-order valence-corrected chi connectivity index (χ0v) is 9.61. The van der Waals surface area contributed by atoms with Gasteiger partial charge in [0, 0.05) is 16.1 Å². The number of rotatable bonds is 1. The summed E-state index contributed by atoms with van der Waals surface area (Å²) in [5.74, 6) is -0.0251. The normalized spacial score (nSPS) is 13.5. The Balaban J connectivity index is 2.08. The minimum Gasteiger partial charge on any atom is -0.287 e. The highest BCUT2D eigenvalue weighted by atomic mass is 35.5. The topological polar surface area (TPSA) is 29.4 Å². The molecular weight excluding hydrogens is 234 g/mol. The summed E-state index contributed by atoms with van der Waals surface area (Å²) >= 11 is 5.82. The molecule has 0 bridgehead atoms. The number of fused-ring (bicyclic) bond motifs is 1. The van der Waals surface area contributed by atoms with E-state index >= 15 is 0 Å². The van der Waals surface area contributed by atoms with Crippen molar-refractivity contribution in [2.75, 3.05) is 0 Å². The second-order valence-corrected chi connectivity index (χ2v) is 4.25. The maximum absolute atomic E-state index is 12.1. The van der Waals surface area contributed by atoms with Gasteiger partial charge in [0.1, 0.15) is 5.71 Å². The lowest BCUT2D eigenvalue weighted by Gasteiger charge is -1.98.